The quantitative estimate of drug-likeness (QED) is 0.744. The van der Waals surface area contributed by atoms with Crippen molar-refractivity contribution in [2.45, 2.75) is 24.8 Å². The fraction of sp³-hybridized carbons (Fsp3) is 0.350. The van der Waals surface area contributed by atoms with E-state index in [0.29, 0.717) is 17.8 Å². The lowest BCUT2D eigenvalue weighted by molar-refractivity contribution is 0.101. The van der Waals surface area contributed by atoms with Gasteiger partial charge in [-0.25, -0.2) is 8.42 Å². The summed E-state index contributed by atoms with van der Waals surface area (Å²) in [6.45, 7) is 4.55. The molecule has 1 aliphatic heterocycles. The van der Waals surface area contributed by atoms with Crippen molar-refractivity contribution < 1.29 is 13.2 Å². The first-order chi connectivity index (χ1) is 12.8. The van der Waals surface area contributed by atoms with Gasteiger partial charge in [-0.05, 0) is 48.7 Å². The number of ketones is 1. The lowest BCUT2D eigenvalue weighted by atomic mass is 10.00. The van der Waals surface area contributed by atoms with Crippen LogP contribution in [0.15, 0.2) is 41.3 Å². The molecule has 0 bridgehead atoms. The van der Waals surface area contributed by atoms with Gasteiger partial charge in [-0.3, -0.25) is 9.69 Å². The Bertz CT molecular complexity index is 973. The number of halogens is 1. The van der Waals surface area contributed by atoms with Crippen molar-refractivity contribution >= 4 is 32.9 Å². The predicted molar refractivity (Wildman–Crippen MR) is 108 cm³/mol. The highest BCUT2D eigenvalue weighted by atomic mass is 35.5. The number of carbonyl (C=O) groups is 1. The highest BCUT2D eigenvalue weighted by molar-refractivity contribution is 7.90. The van der Waals surface area contributed by atoms with Crippen molar-refractivity contribution in [3.63, 3.8) is 0 Å². The molecule has 1 heterocycles. The topological polar surface area (TPSA) is 66.5 Å². The number of nitrogens with zero attached hydrogens (tertiary/aromatic N) is 1. The first-order valence-corrected chi connectivity index (χ1v) is 11.1. The highest BCUT2D eigenvalue weighted by Gasteiger charge is 2.19. The van der Waals surface area contributed by atoms with Crippen molar-refractivity contribution in [1.29, 1.82) is 0 Å². The summed E-state index contributed by atoms with van der Waals surface area (Å²) in [5, 5.41) is 4.02. The molecule has 0 amide bonds. The standard InChI is InChI=1S/C20H23ClN2O3S/c1-14(24)15-6-7-20(27(2,25)26)19(12-15)22-9-11-23-10-8-17-16(13-23)4-3-5-18(17)21/h3-7,12,22H,8-11,13H2,1-2H3. The number of nitrogens with one attached hydrogen (secondary N) is 1. The van der Waals surface area contributed by atoms with Crippen molar-refractivity contribution in [2.75, 3.05) is 31.2 Å². The van der Waals surface area contributed by atoms with Gasteiger partial charge >= 0.3 is 0 Å². The summed E-state index contributed by atoms with van der Waals surface area (Å²) < 4.78 is 24.0. The third kappa shape index (κ3) is 4.69. The summed E-state index contributed by atoms with van der Waals surface area (Å²) in [6.07, 6.45) is 2.08. The summed E-state index contributed by atoms with van der Waals surface area (Å²) in [5.41, 5.74) is 3.43. The number of hydrogen-bond acceptors (Lipinski definition) is 5. The SMILES string of the molecule is CC(=O)c1ccc(S(C)(=O)=O)c(NCCN2CCc3c(Cl)cccc3C2)c1. The van der Waals surface area contributed by atoms with Crippen LogP contribution >= 0.6 is 11.6 Å². The van der Waals surface area contributed by atoms with E-state index in [4.69, 9.17) is 11.6 Å². The van der Waals surface area contributed by atoms with Crippen molar-refractivity contribution in [1.82, 2.24) is 4.90 Å². The van der Waals surface area contributed by atoms with Gasteiger partial charge in [-0.15, -0.1) is 0 Å². The number of hydrogen-bond donors (Lipinski definition) is 1. The van der Waals surface area contributed by atoms with Gasteiger partial charge < -0.3 is 5.32 Å². The second-order valence-electron chi connectivity index (χ2n) is 6.87. The molecule has 0 spiro atoms. The van der Waals surface area contributed by atoms with E-state index in [-0.39, 0.29) is 10.7 Å². The van der Waals surface area contributed by atoms with Crippen LogP contribution in [-0.2, 0) is 22.8 Å². The van der Waals surface area contributed by atoms with Crippen LogP contribution in [0.4, 0.5) is 5.69 Å². The Morgan fingerprint density at radius 2 is 2.04 bits per heavy atom. The fourth-order valence-corrected chi connectivity index (χ4v) is 4.51. The summed E-state index contributed by atoms with van der Waals surface area (Å²) in [4.78, 5) is 14.1. The molecule has 0 aliphatic carbocycles. The van der Waals surface area contributed by atoms with Gasteiger partial charge in [0.2, 0.25) is 0 Å². The third-order valence-electron chi connectivity index (χ3n) is 4.82. The van der Waals surface area contributed by atoms with E-state index in [1.54, 1.807) is 12.1 Å². The Morgan fingerprint density at radius 3 is 2.74 bits per heavy atom. The number of fused-ring (bicyclic) bond motifs is 1. The zero-order valence-electron chi connectivity index (χ0n) is 15.5. The minimum Gasteiger partial charge on any atom is -0.383 e. The largest absolute Gasteiger partial charge is 0.383 e. The first kappa shape index (κ1) is 19.9. The number of sulfone groups is 1. The Labute approximate surface area is 165 Å². The van der Waals surface area contributed by atoms with Crippen LogP contribution in [0.2, 0.25) is 5.02 Å². The van der Waals surface area contributed by atoms with Gasteiger partial charge in [0.05, 0.1) is 10.6 Å². The normalized spacial score (nSPS) is 14.6. The minimum absolute atomic E-state index is 0.0948. The Kier molecular flexibility index (Phi) is 5.89. The molecular formula is C20H23ClN2O3S. The molecule has 2 aromatic rings. The molecule has 3 rings (SSSR count). The fourth-order valence-electron chi connectivity index (χ4n) is 3.37. The minimum atomic E-state index is -3.38. The summed E-state index contributed by atoms with van der Waals surface area (Å²) in [6, 6.07) is 10.6. The van der Waals surface area contributed by atoms with Gasteiger partial charge in [0.25, 0.3) is 0 Å². The summed E-state index contributed by atoms with van der Waals surface area (Å²) in [5.74, 6) is -0.0948. The number of benzene rings is 2. The van der Waals surface area contributed by atoms with E-state index in [9.17, 15) is 13.2 Å². The maximum Gasteiger partial charge on any atom is 0.177 e. The smallest absolute Gasteiger partial charge is 0.177 e. The summed E-state index contributed by atoms with van der Waals surface area (Å²) >= 11 is 6.26. The van der Waals surface area contributed by atoms with E-state index >= 15 is 0 Å². The molecule has 0 radical (unpaired) electrons. The second kappa shape index (κ2) is 8.00. The number of anilines is 1. The predicted octanol–water partition coefficient (Wildman–Crippen LogP) is 3.42. The average Bonchev–Trinajstić information content (AvgIpc) is 2.61. The van der Waals surface area contributed by atoms with Crippen LogP contribution < -0.4 is 5.32 Å². The zero-order chi connectivity index (χ0) is 19.6. The Hall–Kier alpha value is -1.89. The molecule has 1 aliphatic rings. The molecule has 144 valence electrons. The number of carbonyl (C=O) groups excluding carboxylic acids is 1. The number of rotatable bonds is 6. The molecule has 0 unspecified atom stereocenters. The molecule has 0 fully saturated rings. The van der Waals surface area contributed by atoms with Crippen LogP contribution in [-0.4, -0.2) is 45.0 Å². The third-order valence-corrected chi connectivity index (χ3v) is 6.33. The van der Waals surface area contributed by atoms with Gasteiger partial charge in [0.15, 0.2) is 15.6 Å². The molecule has 7 heteroatoms. The Morgan fingerprint density at radius 1 is 1.26 bits per heavy atom. The van der Waals surface area contributed by atoms with Crippen LogP contribution in [0.3, 0.4) is 0 Å². The monoisotopic (exact) mass is 406 g/mol. The van der Waals surface area contributed by atoms with Crippen LogP contribution in [0.1, 0.15) is 28.4 Å². The van der Waals surface area contributed by atoms with Gasteiger partial charge in [-0.2, -0.15) is 0 Å². The van der Waals surface area contributed by atoms with Gasteiger partial charge in [-0.1, -0.05) is 23.7 Å². The molecule has 0 aromatic heterocycles. The highest BCUT2D eigenvalue weighted by Crippen LogP contribution is 2.26. The van der Waals surface area contributed by atoms with Crippen molar-refractivity contribution in [2.24, 2.45) is 0 Å². The molecule has 0 saturated carbocycles. The van der Waals surface area contributed by atoms with Crippen molar-refractivity contribution in [3.05, 3.63) is 58.1 Å². The van der Waals surface area contributed by atoms with E-state index in [0.717, 1.165) is 31.1 Å². The van der Waals surface area contributed by atoms with E-state index in [2.05, 4.69) is 16.3 Å². The number of Topliss-reactive ketones (excluding diaryl/α,β-unsaturated/α-hetero) is 1. The molecular weight excluding hydrogens is 384 g/mol. The molecule has 2 aromatic carbocycles. The maximum atomic E-state index is 12.0. The average molecular weight is 407 g/mol. The van der Waals surface area contributed by atoms with Gasteiger partial charge in [0.1, 0.15) is 0 Å². The van der Waals surface area contributed by atoms with Crippen LogP contribution in [0, 0.1) is 0 Å². The summed E-state index contributed by atoms with van der Waals surface area (Å²) in [7, 11) is -3.38. The lowest BCUT2D eigenvalue weighted by Gasteiger charge is -2.29. The van der Waals surface area contributed by atoms with E-state index < -0.39 is 9.84 Å². The molecule has 27 heavy (non-hydrogen) atoms. The van der Waals surface area contributed by atoms with Crippen LogP contribution in [0.5, 0.6) is 0 Å². The van der Waals surface area contributed by atoms with E-state index in [1.165, 1.54) is 30.4 Å². The van der Waals surface area contributed by atoms with E-state index in [1.807, 2.05) is 12.1 Å². The maximum absolute atomic E-state index is 12.0. The molecule has 5 nitrogen and oxygen atoms in total. The lowest BCUT2D eigenvalue weighted by Crippen LogP contribution is -2.34. The molecule has 1 N–H and O–H groups in total. The van der Waals surface area contributed by atoms with Crippen molar-refractivity contribution in [3.8, 4) is 0 Å². The Balaban J connectivity index is 1.69. The van der Waals surface area contributed by atoms with Gasteiger partial charge in [0, 0.05) is 43.0 Å². The second-order valence-corrected chi connectivity index (χ2v) is 9.26. The first-order valence-electron chi connectivity index (χ1n) is 8.83. The molecule has 0 atom stereocenters. The van der Waals surface area contributed by atoms with Crippen LogP contribution in [0.25, 0.3) is 0 Å². The molecule has 0 saturated heterocycles. The zero-order valence-corrected chi connectivity index (χ0v) is 17.0.